The molecule has 19 heavy (non-hydrogen) atoms. The van der Waals surface area contributed by atoms with Crippen LogP contribution in [0.2, 0.25) is 0 Å². The summed E-state index contributed by atoms with van der Waals surface area (Å²) in [6.07, 6.45) is 0. The van der Waals surface area contributed by atoms with Gasteiger partial charge in [0.05, 0.1) is 5.52 Å². The van der Waals surface area contributed by atoms with Gasteiger partial charge >= 0.3 is 0 Å². The molecule has 3 aromatic rings. The molecule has 0 radical (unpaired) electrons. The molecule has 0 fully saturated rings. The van der Waals surface area contributed by atoms with Gasteiger partial charge < -0.3 is 4.57 Å². The molecule has 0 spiro atoms. The van der Waals surface area contributed by atoms with Crippen molar-refractivity contribution in [3.8, 4) is 5.69 Å². The molecule has 94 valence electrons. The first kappa shape index (κ1) is 11.7. The molecule has 2 aromatic carbocycles. The molecule has 0 aliphatic rings. The van der Waals surface area contributed by atoms with Gasteiger partial charge in [0.25, 0.3) is 0 Å². The van der Waals surface area contributed by atoms with E-state index in [-0.39, 0.29) is 5.78 Å². The van der Waals surface area contributed by atoms with Crippen LogP contribution in [0.1, 0.15) is 23.0 Å². The molecule has 2 heteroatoms. The summed E-state index contributed by atoms with van der Waals surface area (Å²) in [5, 5.41) is 1.22. The predicted molar refractivity (Wildman–Crippen MR) is 78.0 cm³/mol. The third kappa shape index (κ3) is 1.95. The zero-order valence-corrected chi connectivity index (χ0v) is 11.1. The van der Waals surface area contributed by atoms with Gasteiger partial charge in [-0.25, -0.2) is 0 Å². The number of hydrogen-bond acceptors (Lipinski definition) is 1. The van der Waals surface area contributed by atoms with Crippen LogP contribution in [0.15, 0.2) is 54.6 Å². The number of benzene rings is 2. The standard InChI is InChI=1S/C17H15NO/c1-12-10-15-6-3-4-9-17(15)18(12)16-8-5-7-14(11-16)13(2)19/h3-11H,1-2H3. The van der Waals surface area contributed by atoms with Crippen molar-refractivity contribution < 1.29 is 4.79 Å². The largest absolute Gasteiger partial charge is 0.314 e. The maximum absolute atomic E-state index is 11.5. The summed E-state index contributed by atoms with van der Waals surface area (Å²) in [6, 6.07) is 18.2. The number of Topliss-reactive ketones (excluding diaryl/α,β-unsaturated/α-hetero) is 1. The maximum Gasteiger partial charge on any atom is 0.159 e. The van der Waals surface area contributed by atoms with Gasteiger partial charge in [-0.15, -0.1) is 0 Å². The van der Waals surface area contributed by atoms with Crippen molar-refractivity contribution in [3.63, 3.8) is 0 Å². The Hall–Kier alpha value is -2.35. The van der Waals surface area contributed by atoms with Gasteiger partial charge in [-0.3, -0.25) is 4.79 Å². The third-order valence-corrected chi connectivity index (χ3v) is 3.41. The fraction of sp³-hybridized carbons (Fsp3) is 0.118. The summed E-state index contributed by atoms with van der Waals surface area (Å²) < 4.78 is 2.18. The Morgan fingerprint density at radius 3 is 2.58 bits per heavy atom. The highest BCUT2D eigenvalue weighted by Crippen LogP contribution is 2.24. The lowest BCUT2D eigenvalue weighted by Crippen LogP contribution is -1.99. The van der Waals surface area contributed by atoms with Crippen molar-refractivity contribution in [2.45, 2.75) is 13.8 Å². The van der Waals surface area contributed by atoms with E-state index in [1.54, 1.807) is 6.92 Å². The Balaban J connectivity index is 2.27. The molecule has 1 aromatic heterocycles. The highest BCUT2D eigenvalue weighted by atomic mass is 16.1. The molecule has 1 heterocycles. The summed E-state index contributed by atoms with van der Waals surface area (Å²) >= 11 is 0. The van der Waals surface area contributed by atoms with Crippen LogP contribution in [-0.2, 0) is 0 Å². The van der Waals surface area contributed by atoms with Gasteiger partial charge in [-0.05, 0) is 38.1 Å². The summed E-state index contributed by atoms with van der Waals surface area (Å²) in [5.74, 6) is 0.0935. The predicted octanol–water partition coefficient (Wildman–Crippen LogP) is 4.14. The fourth-order valence-corrected chi connectivity index (χ4v) is 2.50. The summed E-state index contributed by atoms with van der Waals surface area (Å²) in [4.78, 5) is 11.5. The molecule has 3 rings (SSSR count). The van der Waals surface area contributed by atoms with Crippen LogP contribution in [0.25, 0.3) is 16.6 Å². The molecular weight excluding hydrogens is 234 g/mol. The van der Waals surface area contributed by atoms with Gasteiger partial charge in [0.1, 0.15) is 0 Å². The van der Waals surface area contributed by atoms with Crippen molar-refractivity contribution >= 4 is 16.7 Å². The molecule has 0 unspecified atom stereocenters. The van der Waals surface area contributed by atoms with E-state index in [0.29, 0.717) is 0 Å². The van der Waals surface area contributed by atoms with Gasteiger partial charge in [0.2, 0.25) is 0 Å². The lowest BCUT2D eigenvalue weighted by atomic mass is 10.1. The quantitative estimate of drug-likeness (QED) is 0.625. The van der Waals surface area contributed by atoms with Gasteiger partial charge in [0.15, 0.2) is 5.78 Å². The van der Waals surface area contributed by atoms with Crippen molar-refractivity contribution in [1.82, 2.24) is 4.57 Å². The van der Waals surface area contributed by atoms with Crippen LogP contribution < -0.4 is 0 Å². The highest BCUT2D eigenvalue weighted by Gasteiger charge is 2.08. The van der Waals surface area contributed by atoms with Gasteiger partial charge in [-0.1, -0.05) is 30.3 Å². The molecule has 2 nitrogen and oxygen atoms in total. The molecule has 0 bridgehead atoms. The van der Waals surface area contributed by atoms with Crippen LogP contribution in [0.3, 0.4) is 0 Å². The second-order valence-electron chi connectivity index (χ2n) is 4.79. The Kier molecular flexibility index (Phi) is 2.71. The first-order valence-electron chi connectivity index (χ1n) is 6.35. The van der Waals surface area contributed by atoms with E-state index in [9.17, 15) is 4.79 Å². The number of para-hydroxylation sites is 1. The summed E-state index contributed by atoms with van der Waals surface area (Å²) in [5.41, 5.74) is 4.11. The summed E-state index contributed by atoms with van der Waals surface area (Å²) in [7, 11) is 0. The number of nitrogens with zero attached hydrogens (tertiary/aromatic N) is 1. The first-order valence-corrected chi connectivity index (χ1v) is 6.35. The Bertz CT molecular complexity index is 768. The molecular formula is C17H15NO. The minimum atomic E-state index is 0.0935. The van der Waals surface area contributed by atoms with E-state index in [1.807, 2.05) is 36.4 Å². The third-order valence-electron chi connectivity index (χ3n) is 3.41. The van der Waals surface area contributed by atoms with E-state index in [1.165, 1.54) is 16.6 Å². The lowest BCUT2D eigenvalue weighted by molar-refractivity contribution is 0.101. The van der Waals surface area contributed by atoms with Gasteiger partial charge in [0, 0.05) is 22.3 Å². The Morgan fingerprint density at radius 1 is 1.00 bits per heavy atom. The summed E-state index contributed by atoms with van der Waals surface area (Å²) in [6.45, 7) is 3.68. The van der Waals surface area contributed by atoms with E-state index in [2.05, 4.69) is 29.7 Å². The van der Waals surface area contributed by atoms with Crippen molar-refractivity contribution in [1.29, 1.82) is 0 Å². The number of hydrogen-bond donors (Lipinski definition) is 0. The second-order valence-corrected chi connectivity index (χ2v) is 4.79. The SMILES string of the molecule is CC(=O)c1cccc(-n2c(C)cc3ccccc32)c1. The molecule has 0 aliphatic heterocycles. The minimum Gasteiger partial charge on any atom is -0.314 e. The molecule has 0 atom stereocenters. The van der Waals surface area contributed by atoms with E-state index < -0.39 is 0 Å². The average molecular weight is 249 g/mol. The van der Waals surface area contributed by atoms with Crippen LogP contribution in [0.5, 0.6) is 0 Å². The lowest BCUT2D eigenvalue weighted by Gasteiger charge is -2.09. The maximum atomic E-state index is 11.5. The van der Waals surface area contributed by atoms with Gasteiger partial charge in [-0.2, -0.15) is 0 Å². The number of aromatic nitrogens is 1. The Labute approximate surface area is 112 Å². The van der Waals surface area contributed by atoms with Crippen molar-refractivity contribution in [2.75, 3.05) is 0 Å². The van der Waals surface area contributed by atoms with Crippen molar-refractivity contribution in [3.05, 3.63) is 65.9 Å². The van der Waals surface area contributed by atoms with Crippen LogP contribution in [-0.4, -0.2) is 10.4 Å². The van der Waals surface area contributed by atoms with Crippen LogP contribution in [0.4, 0.5) is 0 Å². The normalized spacial score (nSPS) is 10.8. The molecule has 0 amide bonds. The zero-order chi connectivity index (χ0) is 13.4. The Morgan fingerprint density at radius 2 is 1.79 bits per heavy atom. The zero-order valence-electron chi connectivity index (χ0n) is 11.1. The topological polar surface area (TPSA) is 22.0 Å². The number of fused-ring (bicyclic) bond motifs is 1. The number of carbonyl (C=O) groups excluding carboxylic acids is 1. The van der Waals surface area contributed by atoms with E-state index >= 15 is 0 Å². The fourth-order valence-electron chi connectivity index (χ4n) is 2.50. The number of aryl methyl sites for hydroxylation is 1. The number of carbonyl (C=O) groups is 1. The molecule has 0 aliphatic carbocycles. The second kappa shape index (κ2) is 4.39. The molecule has 0 N–H and O–H groups in total. The average Bonchev–Trinajstić information content (AvgIpc) is 2.74. The molecule has 0 saturated heterocycles. The monoisotopic (exact) mass is 249 g/mol. The smallest absolute Gasteiger partial charge is 0.159 e. The minimum absolute atomic E-state index is 0.0935. The van der Waals surface area contributed by atoms with Crippen LogP contribution in [0, 0.1) is 6.92 Å². The highest BCUT2D eigenvalue weighted by molar-refractivity contribution is 5.94. The van der Waals surface area contributed by atoms with E-state index in [4.69, 9.17) is 0 Å². The van der Waals surface area contributed by atoms with Crippen molar-refractivity contribution in [2.24, 2.45) is 0 Å². The van der Waals surface area contributed by atoms with Crippen LogP contribution >= 0.6 is 0 Å². The number of ketones is 1. The molecule has 0 saturated carbocycles. The van der Waals surface area contributed by atoms with E-state index in [0.717, 1.165) is 11.3 Å². The first-order chi connectivity index (χ1) is 9.16. The number of rotatable bonds is 2.